The molecular weight excluding hydrogens is 645 g/mol. The number of hydrogen-bond donors (Lipinski definition) is 0. The zero-order valence-corrected chi connectivity index (χ0v) is 29.3. The first kappa shape index (κ1) is 28.9. The standard InChI is InChI=1S/C50H32N2O/c1-50(2)42-27-46-40(25-38(42)39-26-41-36-17-8-10-20-47(36)53-48(41)28-43(39)50)35-16-7-9-19-45(35)52(46)49-21-11-18-44(51-49)29-22-23-34-32-14-4-3-12-30(32)31-13-5-6-15-33(31)37(34)24-29/h3-28H,1-2H3. The number of pyridine rings is 1. The third kappa shape index (κ3) is 3.86. The molecule has 248 valence electrons. The van der Waals surface area contributed by atoms with Crippen molar-refractivity contribution in [1.82, 2.24) is 9.55 Å². The van der Waals surface area contributed by atoms with Gasteiger partial charge >= 0.3 is 0 Å². The van der Waals surface area contributed by atoms with Crippen LogP contribution in [-0.4, -0.2) is 9.55 Å². The molecule has 0 spiro atoms. The maximum Gasteiger partial charge on any atom is 0.138 e. The summed E-state index contributed by atoms with van der Waals surface area (Å²) in [6.07, 6.45) is 0. The third-order valence-electron chi connectivity index (χ3n) is 12.0. The summed E-state index contributed by atoms with van der Waals surface area (Å²) in [6.45, 7) is 4.69. The monoisotopic (exact) mass is 676 g/mol. The number of fused-ring (bicyclic) bond motifs is 15. The summed E-state index contributed by atoms with van der Waals surface area (Å²) >= 11 is 0. The minimum Gasteiger partial charge on any atom is -0.456 e. The minimum absolute atomic E-state index is 0.208. The predicted octanol–water partition coefficient (Wildman–Crippen LogP) is 13.5. The van der Waals surface area contributed by atoms with E-state index >= 15 is 0 Å². The zero-order chi connectivity index (χ0) is 35.0. The molecule has 0 fully saturated rings. The van der Waals surface area contributed by atoms with Crippen LogP contribution in [0.2, 0.25) is 0 Å². The van der Waals surface area contributed by atoms with Gasteiger partial charge in [0.15, 0.2) is 0 Å². The summed E-state index contributed by atoms with van der Waals surface area (Å²) < 4.78 is 8.72. The summed E-state index contributed by atoms with van der Waals surface area (Å²) in [5.41, 5.74) is 11.3. The van der Waals surface area contributed by atoms with Crippen molar-refractivity contribution in [1.29, 1.82) is 0 Å². The van der Waals surface area contributed by atoms with E-state index in [4.69, 9.17) is 9.40 Å². The molecule has 53 heavy (non-hydrogen) atoms. The normalized spacial score (nSPS) is 13.6. The van der Waals surface area contributed by atoms with Crippen LogP contribution < -0.4 is 0 Å². The van der Waals surface area contributed by atoms with Crippen molar-refractivity contribution in [3.63, 3.8) is 0 Å². The Kier molecular flexibility index (Phi) is 5.57. The minimum atomic E-state index is -0.208. The number of nitrogens with zero attached hydrogens (tertiary/aromatic N) is 2. The van der Waals surface area contributed by atoms with Crippen LogP contribution in [0.1, 0.15) is 25.0 Å². The Hall–Kier alpha value is -6.71. The van der Waals surface area contributed by atoms with Crippen LogP contribution in [0.15, 0.2) is 162 Å². The molecule has 0 amide bonds. The lowest BCUT2D eigenvalue weighted by atomic mass is 9.82. The molecule has 12 rings (SSSR count). The first-order chi connectivity index (χ1) is 26.0. The molecular formula is C50H32N2O. The van der Waals surface area contributed by atoms with E-state index in [1.165, 1.54) is 76.2 Å². The third-order valence-corrected chi connectivity index (χ3v) is 12.0. The van der Waals surface area contributed by atoms with Crippen LogP contribution in [-0.2, 0) is 5.41 Å². The predicted molar refractivity (Wildman–Crippen MR) is 221 cm³/mol. The molecule has 0 saturated carbocycles. The molecule has 3 heterocycles. The van der Waals surface area contributed by atoms with Crippen molar-refractivity contribution < 1.29 is 4.42 Å². The molecule has 0 radical (unpaired) electrons. The highest BCUT2D eigenvalue weighted by Gasteiger charge is 2.37. The first-order valence-corrected chi connectivity index (χ1v) is 18.4. The highest BCUT2D eigenvalue weighted by molar-refractivity contribution is 6.25. The molecule has 1 aliphatic carbocycles. The number of furan rings is 1. The van der Waals surface area contributed by atoms with Gasteiger partial charge in [0, 0.05) is 32.5 Å². The van der Waals surface area contributed by atoms with Crippen molar-refractivity contribution in [3.05, 3.63) is 169 Å². The van der Waals surface area contributed by atoms with Gasteiger partial charge in [-0.05, 0) is 109 Å². The maximum atomic E-state index is 6.37. The Morgan fingerprint density at radius 2 is 1.04 bits per heavy atom. The number of aromatic nitrogens is 2. The van der Waals surface area contributed by atoms with E-state index in [1.54, 1.807) is 0 Å². The zero-order valence-electron chi connectivity index (χ0n) is 29.3. The van der Waals surface area contributed by atoms with E-state index in [2.05, 4.69) is 170 Å². The van der Waals surface area contributed by atoms with E-state index in [0.29, 0.717) is 0 Å². The Morgan fingerprint density at radius 1 is 0.434 bits per heavy atom. The second-order valence-electron chi connectivity index (χ2n) is 15.1. The molecule has 0 saturated heterocycles. The Labute approximate surface area is 305 Å². The second kappa shape index (κ2) is 10.2. The quantitative estimate of drug-likeness (QED) is 0.171. The summed E-state index contributed by atoms with van der Waals surface area (Å²) in [5, 5.41) is 12.4. The first-order valence-electron chi connectivity index (χ1n) is 18.4. The van der Waals surface area contributed by atoms with E-state index < -0.39 is 0 Å². The van der Waals surface area contributed by atoms with Crippen molar-refractivity contribution in [2.24, 2.45) is 0 Å². The van der Waals surface area contributed by atoms with Gasteiger partial charge in [-0.3, -0.25) is 4.57 Å². The average molecular weight is 677 g/mol. The molecule has 0 aliphatic heterocycles. The average Bonchev–Trinajstić information content (AvgIpc) is 3.81. The molecule has 3 aromatic heterocycles. The second-order valence-corrected chi connectivity index (χ2v) is 15.1. The smallest absolute Gasteiger partial charge is 0.138 e. The van der Waals surface area contributed by atoms with Crippen LogP contribution >= 0.6 is 0 Å². The van der Waals surface area contributed by atoms with Gasteiger partial charge < -0.3 is 4.42 Å². The van der Waals surface area contributed by atoms with Crippen LogP contribution in [0.25, 0.3) is 104 Å². The van der Waals surface area contributed by atoms with Crippen LogP contribution in [0.5, 0.6) is 0 Å². The molecule has 3 nitrogen and oxygen atoms in total. The van der Waals surface area contributed by atoms with Gasteiger partial charge in [-0.1, -0.05) is 117 Å². The lowest BCUT2D eigenvalue weighted by Crippen LogP contribution is -2.15. The van der Waals surface area contributed by atoms with Crippen LogP contribution in [0.4, 0.5) is 0 Å². The molecule has 0 atom stereocenters. The molecule has 1 aliphatic rings. The molecule has 8 aromatic carbocycles. The summed E-state index contributed by atoms with van der Waals surface area (Å²) in [5.74, 6) is 0.911. The summed E-state index contributed by atoms with van der Waals surface area (Å²) in [6, 6.07) is 57.3. The van der Waals surface area contributed by atoms with Crippen molar-refractivity contribution in [3.8, 4) is 28.2 Å². The number of rotatable bonds is 2. The highest BCUT2D eigenvalue weighted by Crippen LogP contribution is 2.53. The maximum absolute atomic E-state index is 6.37. The van der Waals surface area contributed by atoms with Gasteiger partial charge in [-0.2, -0.15) is 0 Å². The molecule has 11 aromatic rings. The van der Waals surface area contributed by atoms with Crippen LogP contribution in [0, 0.1) is 0 Å². The fourth-order valence-corrected chi connectivity index (χ4v) is 9.43. The summed E-state index contributed by atoms with van der Waals surface area (Å²) in [4.78, 5) is 5.41. The fourth-order valence-electron chi connectivity index (χ4n) is 9.43. The van der Waals surface area contributed by atoms with Gasteiger partial charge in [-0.15, -0.1) is 0 Å². The highest BCUT2D eigenvalue weighted by atomic mass is 16.3. The van der Waals surface area contributed by atoms with Gasteiger partial charge in [0.2, 0.25) is 0 Å². The lowest BCUT2D eigenvalue weighted by molar-refractivity contribution is 0.647. The van der Waals surface area contributed by atoms with E-state index in [1.807, 2.05) is 6.07 Å². The van der Waals surface area contributed by atoms with E-state index in [-0.39, 0.29) is 5.41 Å². The topological polar surface area (TPSA) is 31.0 Å². The Balaban J connectivity index is 1.07. The van der Waals surface area contributed by atoms with Gasteiger partial charge in [0.1, 0.15) is 17.0 Å². The van der Waals surface area contributed by atoms with Gasteiger partial charge in [0.05, 0.1) is 16.7 Å². The van der Waals surface area contributed by atoms with E-state index in [9.17, 15) is 0 Å². The van der Waals surface area contributed by atoms with Crippen molar-refractivity contribution >= 4 is 76.1 Å². The number of hydrogen-bond acceptors (Lipinski definition) is 2. The molecule has 3 heteroatoms. The van der Waals surface area contributed by atoms with Crippen molar-refractivity contribution in [2.75, 3.05) is 0 Å². The number of para-hydroxylation sites is 2. The Morgan fingerprint density at radius 3 is 1.79 bits per heavy atom. The van der Waals surface area contributed by atoms with Gasteiger partial charge in [-0.25, -0.2) is 4.98 Å². The van der Waals surface area contributed by atoms with E-state index in [0.717, 1.165) is 39.1 Å². The molecule has 0 bridgehead atoms. The molecule has 0 N–H and O–H groups in total. The molecule has 0 unspecified atom stereocenters. The van der Waals surface area contributed by atoms with Crippen molar-refractivity contribution in [2.45, 2.75) is 19.3 Å². The van der Waals surface area contributed by atoms with Crippen LogP contribution in [0.3, 0.4) is 0 Å². The number of benzene rings is 8. The van der Waals surface area contributed by atoms with Gasteiger partial charge in [0.25, 0.3) is 0 Å². The Bertz CT molecular complexity index is 3340. The summed E-state index contributed by atoms with van der Waals surface area (Å²) in [7, 11) is 0. The largest absolute Gasteiger partial charge is 0.456 e. The lowest BCUT2D eigenvalue weighted by Gasteiger charge is -2.21. The fraction of sp³-hybridized carbons (Fsp3) is 0.0600. The SMILES string of the molecule is CC1(C)c2cc3oc4ccccc4c3cc2-c2cc3c4ccccc4n(-c4cccc(-c5ccc6c7ccccc7c7ccccc7c6c5)n4)c3cc21.